The lowest BCUT2D eigenvalue weighted by molar-refractivity contribution is -0.154. The number of aldehydes is 1. The van der Waals surface area contributed by atoms with Crippen LogP contribution in [0.3, 0.4) is 0 Å². The molecule has 0 aromatic carbocycles. The van der Waals surface area contributed by atoms with Crippen molar-refractivity contribution in [3.8, 4) is 0 Å². The maximum Gasteiger partial charge on any atom is 0.338 e. The highest BCUT2D eigenvalue weighted by molar-refractivity contribution is 5.92. The maximum atomic E-state index is 12.7. The van der Waals surface area contributed by atoms with Crippen LogP contribution in [0.5, 0.6) is 0 Å². The number of epoxide rings is 1. The molecule has 0 N–H and O–H groups in total. The van der Waals surface area contributed by atoms with Crippen molar-refractivity contribution in [2.75, 3.05) is 0 Å². The fourth-order valence-electron chi connectivity index (χ4n) is 4.65. The predicted octanol–water partition coefficient (Wildman–Crippen LogP) is 2.97. The molecule has 0 spiro atoms. The van der Waals surface area contributed by atoms with Crippen LogP contribution >= 0.6 is 0 Å². The van der Waals surface area contributed by atoms with E-state index in [0.717, 1.165) is 0 Å². The van der Waals surface area contributed by atoms with Gasteiger partial charge >= 0.3 is 17.9 Å². The van der Waals surface area contributed by atoms with E-state index in [1.165, 1.54) is 13.8 Å². The van der Waals surface area contributed by atoms with E-state index in [-0.39, 0.29) is 23.7 Å². The van der Waals surface area contributed by atoms with Crippen LogP contribution in [-0.4, -0.2) is 42.0 Å². The molecule has 1 aromatic rings. The van der Waals surface area contributed by atoms with E-state index >= 15 is 0 Å². The molecule has 9 nitrogen and oxygen atoms in total. The molecule has 1 saturated heterocycles. The molecule has 4 heterocycles. The topological polar surface area (TPSA) is 122 Å². The van der Waals surface area contributed by atoms with Crippen LogP contribution in [0.4, 0.5) is 0 Å². The van der Waals surface area contributed by atoms with E-state index in [9.17, 15) is 19.2 Å². The third-order valence-electron chi connectivity index (χ3n) is 6.25. The first kappa shape index (κ1) is 23.0. The van der Waals surface area contributed by atoms with Crippen molar-refractivity contribution in [1.29, 1.82) is 0 Å². The van der Waals surface area contributed by atoms with Crippen LogP contribution in [0.25, 0.3) is 0 Å². The van der Waals surface area contributed by atoms with Gasteiger partial charge in [-0.25, -0.2) is 4.79 Å². The summed E-state index contributed by atoms with van der Waals surface area (Å²) >= 11 is 0. The normalized spacial score (nSPS) is 32.7. The van der Waals surface area contributed by atoms with Crippen molar-refractivity contribution in [1.82, 2.24) is 0 Å². The first-order chi connectivity index (χ1) is 15.5. The Kier molecular flexibility index (Phi) is 5.78. The minimum Gasteiger partial charge on any atom is -0.459 e. The Balaban J connectivity index is 1.86. The van der Waals surface area contributed by atoms with Crippen LogP contribution in [0.15, 0.2) is 34.3 Å². The van der Waals surface area contributed by atoms with Crippen LogP contribution in [0.1, 0.15) is 62.9 Å². The molecule has 3 aliphatic heterocycles. The van der Waals surface area contributed by atoms with Gasteiger partial charge in [0.15, 0.2) is 6.10 Å². The summed E-state index contributed by atoms with van der Waals surface area (Å²) in [5, 5.41) is 0. The second-order valence-electron chi connectivity index (χ2n) is 8.94. The summed E-state index contributed by atoms with van der Waals surface area (Å²) < 4.78 is 28.6. The Labute approximate surface area is 190 Å². The van der Waals surface area contributed by atoms with Gasteiger partial charge in [0.25, 0.3) is 0 Å². The largest absolute Gasteiger partial charge is 0.459 e. The summed E-state index contributed by atoms with van der Waals surface area (Å²) in [6.45, 7) is 9.97. The lowest BCUT2D eigenvalue weighted by Gasteiger charge is -2.29. The van der Waals surface area contributed by atoms with Crippen molar-refractivity contribution in [3.63, 3.8) is 0 Å². The fraction of sp³-hybridized carbons (Fsp3) is 0.500. The first-order valence-corrected chi connectivity index (χ1v) is 10.7. The number of carbonyl (C=O) groups is 4. The quantitative estimate of drug-likeness (QED) is 0.220. The summed E-state index contributed by atoms with van der Waals surface area (Å²) in [5.74, 6) is -1.78. The smallest absolute Gasteiger partial charge is 0.338 e. The number of fused-ring (bicyclic) bond motifs is 5. The van der Waals surface area contributed by atoms with E-state index in [2.05, 4.69) is 6.58 Å². The van der Waals surface area contributed by atoms with Gasteiger partial charge in [0.05, 0.1) is 5.57 Å². The molecule has 1 aromatic heterocycles. The van der Waals surface area contributed by atoms with Crippen LogP contribution < -0.4 is 0 Å². The number of ether oxygens (including phenoxy) is 4. The first-order valence-electron chi connectivity index (χ1n) is 10.7. The molecule has 0 saturated carbocycles. The van der Waals surface area contributed by atoms with E-state index in [0.29, 0.717) is 29.8 Å². The fourth-order valence-corrected chi connectivity index (χ4v) is 4.65. The van der Waals surface area contributed by atoms with Gasteiger partial charge in [0.2, 0.25) is 0 Å². The molecular formula is C24H26O9. The lowest BCUT2D eigenvalue weighted by atomic mass is 9.85. The Bertz CT molecular complexity index is 1060. The van der Waals surface area contributed by atoms with Crippen molar-refractivity contribution in [2.45, 2.75) is 70.6 Å². The monoisotopic (exact) mass is 458 g/mol. The molecule has 0 aliphatic carbocycles. The number of esters is 3. The van der Waals surface area contributed by atoms with E-state index in [1.54, 1.807) is 19.1 Å². The lowest BCUT2D eigenvalue weighted by Crippen LogP contribution is -2.30. The molecule has 9 heteroatoms. The van der Waals surface area contributed by atoms with Crippen molar-refractivity contribution >= 4 is 24.2 Å². The van der Waals surface area contributed by atoms with Gasteiger partial charge in [-0.1, -0.05) is 6.58 Å². The highest BCUT2D eigenvalue weighted by atomic mass is 16.6. The van der Waals surface area contributed by atoms with Gasteiger partial charge in [-0.15, -0.1) is 0 Å². The highest BCUT2D eigenvalue weighted by Crippen LogP contribution is 2.54. The number of carbonyl (C=O) groups excluding carboxylic acids is 4. The standard InChI is InChI=1S/C24H26O9/c1-11-6-19-22-24(5,33-22)9-15-7-17(23(28)31-15)18(29-13(3)26)8-16(12(2)10-25)21(20(11)32-19)30-14(4)27/h6-7,10,15-16,18,21-22H,2,8-9H2,1,3-5H3. The van der Waals surface area contributed by atoms with E-state index in [1.807, 2.05) is 6.92 Å². The number of furan rings is 1. The summed E-state index contributed by atoms with van der Waals surface area (Å²) in [7, 11) is 0. The zero-order valence-electron chi connectivity index (χ0n) is 18.9. The zero-order chi connectivity index (χ0) is 24.1. The van der Waals surface area contributed by atoms with Crippen molar-refractivity contribution in [2.24, 2.45) is 5.92 Å². The summed E-state index contributed by atoms with van der Waals surface area (Å²) in [6.07, 6.45) is -0.523. The summed E-state index contributed by atoms with van der Waals surface area (Å²) in [5.41, 5.74) is 0.332. The minimum absolute atomic E-state index is 0.0462. The summed E-state index contributed by atoms with van der Waals surface area (Å²) in [6, 6.07) is 1.81. The van der Waals surface area contributed by atoms with Crippen LogP contribution in [0, 0.1) is 12.8 Å². The van der Waals surface area contributed by atoms with Gasteiger partial charge in [0.1, 0.15) is 41.7 Å². The molecule has 4 bridgehead atoms. The summed E-state index contributed by atoms with van der Waals surface area (Å²) in [4.78, 5) is 48.3. The average Bonchev–Trinajstić information content (AvgIpc) is 3.02. The Morgan fingerprint density at radius 1 is 1.24 bits per heavy atom. The number of rotatable bonds is 4. The van der Waals surface area contributed by atoms with E-state index < -0.39 is 47.7 Å². The van der Waals surface area contributed by atoms with Gasteiger partial charge in [-0.3, -0.25) is 14.4 Å². The molecule has 33 heavy (non-hydrogen) atoms. The van der Waals surface area contributed by atoms with E-state index in [4.69, 9.17) is 23.4 Å². The average molecular weight is 458 g/mol. The molecule has 176 valence electrons. The third kappa shape index (κ3) is 4.37. The van der Waals surface area contributed by atoms with Crippen molar-refractivity contribution < 1.29 is 42.5 Å². The Morgan fingerprint density at radius 3 is 2.58 bits per heavy atom. The van der Waals surface area contributed by atoms with Gasteiger partial charge in [-0.05, 0) is 43.5 Å². The Hall–Kier alpha value is -3.20. The SMILES string of the molecule is C=C(C=O)C1CC(OC(C)=O)C2=CC(CC3(C)OC3c3cc(C)c(o3)C1OC(C)=O)OC2=O. The molecule has 1 fully saturated rings. The minimum atomic E-state index is -1.04. The molecule has 0 radical (unpaired) electrons. The molecule has 3 aliphatic rings. The zero-order valence-corrected chi connectivity index (χ0v) is 18.9. The maximum absolute atomic E-state index is 12.7. The molecule has 4 rings (SSSR count). The molecule has 0 amide bonds. The van der Waals surface area contributed by atoms with Crippen LogP contribution in [-0.2, 0) is 38.1 Å². The third-order valence-corrected chi connectivity index (χ3v) is 6.25. The van der Waals surface area contributed by atoms with Gasteiger partial charge in [-0.2, -0.15) is 0 Å². The second kappa shape index (κ2) is 8.30. The molecular weight excluding hydrogens is 432 g/mol. The number of hydrogen-bond acceptors (Lipinski definition) is 9. The second-order valence-corrected chi connectivity index (χ2v) is 8.94. The molecule has 6 atom stereocenters. The highest BCUT2D eigenvalue weighted by Gasteiger charge is 2.57. The number of aryl methyl sites for hydroxylation is 1. The number of hydrogen-bond donors (Lipinski definition) is 0. The van der Waals surface area contributed by atoms with Crippen LogP contribution in [0.2, 0.25) is 0 Å². The Morgan fingerprint density at radius 2 is 1.94 bits per heavy atom. The molecule has 6 unspecified atom stereocenters. The van der Waals surface area contributed by atoms with Gasteiger partial charge in [0, 0.05) is 26.2 Å². The van der Waals surface area contributed by atoms with Crippen molar-refractivity contribution in [3.05, 3.63) is 47.0 Å². The van der Waals surface area contributed by atoms with Gasteiger partial charge < -0.3 is 23.4 Å². The predicted molar refractivity (Wildman–Crippen MR) is 112 cm³/mol.